The zero-order chi connectivity index (χ0) is 15.2. The summed E-state index contributed by atoms with van der Waals surface area (Å²) in [5, 5.41) is 7.58. The van der Waals surface area contributed by atoms with Gasteiger partial charge in [0.05, 0.1) is 6.04 Å². The van der Waals surface area contributed by atoms with Crippen molar-refractivity contribution in [3.05, 3.63) is 46.1 Å². The molecule has 5 heteroatoms. The molecule has 0 spiro atoms. The third-order valence-corrected chi connectivity index (χ3v) is 4.39. The lowest BCUT2D eigenvalue weighted by Gasteiger charge is -2.39. The molecular weight excluding hydrogens is 304 g/mol. The highest BCUT2D eigenvalue weighted by atomic mass is 35.5. The molecule has 1 aliphatic carbocycles. The number of benzene rings is 1. The quantitative estimate of drug-likeness (QED) is 0.777. The smallest absolute Gasteiger partial charge is 0.171 e. The summed E-state index contributed by atoms with van der Waals surface area (Å²) in [5.74, 6) is 0.175. The zero-order valence-electron chi connectivity index (χ0n) is 12.0. The second kappa shape index (κ2) is 5.11. The molecule has 3 rings (SSSR count). The summed E-state index contributed by atoms with van der Waals surface area (Å²) < 4.78 is 0. The van der Waals surface area contributed by atoms with E-state index in [1.807, 2.05) is 24.3 Å². The Morgan fingerprint density at radius 3 is 2.81 bits per heavy atom. The zero-order valence-corrected chi connectivity index (χ0v) is 13.6. The molecule has 0 amide bonds. The molecule has 21 heavy (non-hydrogen) atoms. The highest BCUT2D eigenvalue weighted by molar-refractivity contribution is 7.80. The first-order valence-corrected chi connectivity index (χ1v) is 7.74. The van der Waals surface area contributed by atoms with Gasteiger partial charge in [0.15, 0.2) is 10.9 Å². The Morgan fingerprint density at radius 1 is 1.33 bits per heavy atom. The Labute approximate surface area is 134 Å². The molecule has 0 bridgehead atoms. The maximum Gasteiger partial charge on any atom is 0.171 e. The van der Waals surface area contributed by atoms with Gasteiger partial charge in [0.1, 0.15) is 0 Å². The van der Waals surface area contributed by atoms with Crippen molar-refractivity contribution in [1.82, 2.24) is 10.6 Å². The van der Waals surface area contributed by atoms with E-state index in [0.29, 0.717) is 16.6 Å². The average Bonchev–Trinajstić information content (AvgIpc) is 2.35. The summed E-state index contributed by atoms with van der Waals surface area (Å²) >= 11 is 11.4. The monoisotopic (exact) mass is 320 g/mol. The van der Waals surface area contributed by atoms with E-state index in [1.54, 1.807) is 0 Å². The minimum absolute atomic E-state index is 0.0330. The van der Waals surface area contributed by atoms with Crippen molar-refractivity contribution < 1.29 is 4.79 Å². The molecule has 0 saturated heterocycles. The number of Topliss-reactive ketones (excluding diaryl/α,β-unsaturated/α-hetero) is 1. The number of carbonyl (C=O) groups excluding carboxylic acids is 1. The van der Waals surface area contributed by atoms with Gasteiger partial charge in [-0.2, -0.15) is 0 Å². The molecule has 2 N–H and O–H groups in total. The first-order chi connectivity index (χ1) is 9.85. The molecule has 0 aromatic heterocycles. The van der Waals surface area contributed by atoms with E-state index in [-0.39, 0.29) is 17.2 Å². The fourth-order valence-corrected chi connectivity index (χ4v) is 3.53. The molecule has 1 atom stereocenters. The van der Waals surface area contributed by atoms with E-state index in [4.69, 9.17) is 23.8 Å². The third-order valence-electron chi connectivity index (χ3n) is 3.93. The van der Waals surface area contributed by atoms with Crippen LogP contribution in [0.3, 0.4) is 0 Å². The van der Waals surface area contributed by atoms with Crippen molar-refractivity contribution in [3.63, 3.8) is 0 Å². The van der Waals surface area contributed by atoms with Crippen molar-refractivity contribution in [1.29, 1.82) is 0 Å². The Morgan fingerprint density at radius 2 is 2.10 bits per heavy atom. The lowest BCUT2D eigenvalue weighted by molar-refractivity contribution is -0.118. The molecule has 0 radical (unpaired) electrons. The van der Waals surface area contributed by atoms with Crippen LogP contribution in [-0.2, 0) is 4.79 Å². The Kier molecular flexibility index (Phi) is 3.54. The topological polar surface area (TPSA) is 41.1 Å². The number of thiocarbonyl (C=S) groups is 1. The first-order valence-electron chi connectivity index (χ1n) is 6.95. The maximum absolute atomic E-state index is 12.6. The van der Waals surface area contributed by atoms with Crippen LogP contribution in [0.15, 0.2) is 35.5 Å². The van der Waals surface area contributed by atoms with E-state index in [2.05, 4.69) is 24.5 Å². The van der Waals surface area contributed by atoms with E-state index in [0.717, 1.165) is 23.3 Å². The number of carbonyl (C=O) groups is 1. The second-order valence-electron chi connectivity index (χ2n) is 6.42. The van der Waals surface area contributed by atoms with Gasteiger partial charge in [-0.25, -0.2) is 0 Å². The summed E-state index contributed by atoms with van der Waals surface area (Å²) in [7, 11) is 0. The van der Waals surface area contributed by atoms with Crippen LogP contribution in [0.25, 0.3) is 0 Å². The van der Waals surface area contributed by atoms with Gasteiger partial charge in [0.25, 0.3) is 0 Å². The van der Waals surface area contributed by atoms with Crippen LogP contribution in [0.4, 0.5) is 0 Å². The third kappa shape index (κ3) is 2.83. The lowest BCUT2D eigenvalue weighted by atomic mass is 9.73. The van der Waals surface area contributed by atoms with E-state index >= 15 is 0 Å². The molecule has 1 aromatic carbocycles. The number of hydrogen-bond donors (Lipinski definition) is 2. The van der Waals surface area contributed by atoms with E-state index in [1.165, 1.54) is 0 Å². The van der Waals surface area contributed by atoms with Crippen LogP contribution in [0.1, 0.15) is 38.3 Å². The number of nitrogens with one attached hydrogen (secondary N) is 2. The van der Waals surface area contributed by atoms with E-state index in [9.17, 15) is 4.79 Å². The van der Waals surface area contributed by atoms with Gasteiger partial charge in [-0.15, -0.1) is 0 Å². The molecule has 3 nitrogen and oxygen atoms in total. The van der Waals surface area contributed by atoms with Crippen molar-refractivity contribution in [3.8, 4) is 0 Å². The fraction of sp³-hybridized carbons (Fsp3) is 0.375. The van der Waals surface area contributed by atoms with Crippen LogP contribution in [0, 0.1) is 5.41 Å². The summed E-state index contributed by atoms with van der Waals surface area (Å²) in [6, 6.07) is 7.35. The van der Waals surface area contributed by atoms with Crippen LogP contribution in [-0.4, -0.2) is 10.9 Å². The van der Waals surface area contributed by atoms with Crippen LogP contribution in [0.5, 0.6) is 0 Å². The number of halogens is 1. The number of allylic oxidation sites excluding steroid dienone is 1. The number of ketones is 1. The van der Waals surface area contributed by atoms with Crippen molar-refractivity contribution in [2.24, 2.45) is 5.41 Å². The largest absolute Gasteiger partial charge is 0.351 e. The predicted molar refractivity (Wildman–Crippen MR) is 88.1 cm³/mol. The van der Waals surface area contributed by atoms with E-state index < -0.39 is 0 Å². The van der Waals surface area contributed by atoms with Crippen molar-refractivity contribution in [2.45, 2.75) is 32.7 Å². The standard InChI is InChI=1S/C16H17ClN2OS/c1-16(2)7-11-13(12(20)8-16)14(19-15(21)18-11)9-4-3-5-10(17)6-9/h3-6,14H,7-8H2,1-2H3,(H2,18,19,21)/t14-/m0/s1. The highest BCUT2D eigenvalue weighted by Crippen LogP contribution is 2.41. The van der Waals surface area contributed by atoms with Crippen molar-refractivity contribution >= 4 is 34.7 Å². The normalized spacial score (nSPS) is 24.2. The molecule has 0 unspecified atom stereocenters. The molecule has 1 aliphatic heterocycles. The maximum atomic E-state index is 12.6. The van der Waals surface area contributed by atoms with Crippen LogP contribution >= 0.6 is 23.8 Å². The number of rotatable bonds is 1. The minimum atomic E-state index is -0.212. The summed E-state index contributed by atoms with van der Waals surface area (Å²) in [5.41, 5.74) is 2.68. The molecule has 1 aromatic rings. The summed E-state index contributed by atoms with van der Waals surface area (Å²) in [6.07, 6.45) is 1.38. The van der Waals surface area contributed by atoms with Gasteiger partial charge in [0, 0.05) is 22.7 Å². The van der Waals surface area contributed by atoms with Crippen molar-refractivity contribution in [2.75, 3.05) is 0 Å². The summed E-state index contributed by atoms with van der Waals surface area (Å²) in [4.78, 5) is 12.6. The van der Waals surface area contributed by atoms with Gasteiger partial charge in [0.2, 0.25) is 0 Å². The predicted octanol–water partition coefficient (Wildman–Crippen LogP) is 3.50. The molecule has 110 valence electrons. The second-order valence-corrected chi connectivity index (χ2v) is 7.26. The van der Waals surface area contributed by atoms with Gasteiger partial charge < -0.3 is 10.6 Å². The lowest BCUT2D eigenvalue weighted by Crippen LogP contribution is -2.48. The minimum Gasteiger partial charge on any atom is -0.351 e. The fourth-order valence-electron chi connectivity index (χ4n) is 3.09. The highest BCUT2D eigenvalue weighted by Gasteiger charge is 2.39. The molecule has 2 aliphatic rings. The molecule has 0 fully saturated rings. The van der Waals surface area contributed by atoms with Gasteiger partial charge >= 0.3 is 0 Å². The van der Waals surface area contributed by atoms with Crippen LogP contribution in [0.2, 0.25) is 5.02 Å². The first kappa shape index (κ1) is 14.5. The Hall–Kier alpha value is -1.39. The molecule has 1 heterocycles. The van der Waals surface area contributed by atoms with Crippen LogP contribution < -0.4 is 10.6 Å². The molecule has 0 saturated carbocycles. The van der Waals surface area contributed by atoms with Gasteiger partial charge in [-0.1, -0.05) is 37.6 Å². The SMILES string of the molecule is CC1(C)CC(=O)C2=C(C1)NC(=S)N[C@H]2c1cccc(Cl)c1. The van der Waals surface area contributed by atoms with Gasteiger partial charge in [-0.3, -0.25) is 4.79 Å². The molecular formula is C16H17ClN2OS. The Bertz CT molecular complexity index is 666. The average molecular weight is 321 g/mol. The number of hydrogen-bond acceptors (Lipinski definition) is 2. The Balaban J connectivity index is 2.08. The summed E-state index contributed by atoms with van der Waals surface area (Å²) in [6.45, 7) is 4.21. The van der Waals surface area contributed by atoms with Gasteiger partial charge in [-0.05, 0) is 41.7 Å².